The maximum atomic E-state index is 15.2. The Labute approximate surface area is 588 Å². The van der Waals surface area contributed by atoms with Crippen molar-refractivity contribution in [2.45, 2.75) is 137 Å². The van der Waals surface area contributed by atoms with E-state index in [9.17, 15) is 54.0 Å². The van der Waals surface area contributed by atoms with E-state index in [1.165, 1.54) is 103 Å². The Hall–Kier alpha value is -10.6. The first kappa shape index (κ1) is 74.6. The number of aromatic nitrogens is 4. The van der Waals surface area contributed by atoms with E-state index in [0.717, 1.165) is 11.1 Å². The highest BCUT2D eigenvalue weighted by Crippen LogP contribution is 2.32. The van der Waals surface area contributed by atoms with Crippen LogP contribution in [-0.4, -0.2) is 189 Å². The van der Waals surface area contributed by atoms with Gasteiger partial charge in [-0.25, -0.2) is 4.98 Å². The number of imidazole rings is 1. The fourth-order valence-electron chi connectivity index (χ4n) is 12.2. The van der Waals surface area contributed by atoms with Gasteiger partial charge in [0, 0.05) is 108 Å². The van der Waals surface area contributed by atoms with Crippen LogP contribution in [0.2, 0.25) is 0 Å². The quantitative estimate of drug-likeness (QED) is 0.0643. The molecule has 9 rings (SSSR count). The van der Waals surface area contributed by atoms with Crippen LogP contribution in [0.4, 0.5) is 0 Å². The summed E-state index contributed by atoms with van der Waals surface area (Å²) in [5, 5.41) is 63.8. The van der Waals surface area contributed by atoms with Crippen molar-refractivity contribution in [2.24, 2.45) is 11.5 Å². The lowest BCUT2D eigenvalue weighted by Crippen LogP contribution is -2.63. The summed E-state index contributed by atoms with van der Waals surface area (Å²) >= 11 is 2.80. The zero-order valence-corrected chi connectivity index (χ0v) is 56.9. The maximum Gasteiger partial charge on any atom is 0.305 e. The first-order valence-corrected chi connectivity index (χ1v) is 35.2. The molecule has 1 fully saturated rings. The molecule has 10 amide bonds. The van der Waals surface area contributed by atoms with E-state index in [1.54, 1.807) is 18.3 Å². The number of aliphatic carboxylic acids is 1. The third-order valence-electron chi connectivity index (χ3n) is 17.6. The standard InChI is InChI=1S/C69H83N15O15S2/c1-69-18-5-20-84(69)67(98)56(23-38-9-11-44(85)12-10-38)82-65(96)54(26-43-32-72-37-76-43)80-66(97)55(29-60(90)91)81-64(95)53(25-42-31-74-50-16-14-46(87)28-48(42)50)79-63(94)52(24-41-30-73-49-15-13-45(86)27-47(41)49)78-59(89)33-75-62(93)51(8-2-3-19-70)77-58(88)17-21-100-34-39-6-4-7-40(22-39)35-101-36-57(61(71)92)83-68(69)99/h4,6-7,9-16,22,27-28,30-32,37,51-57,73-74,85-87H,2-3,5,8,17-21,23-26,29,33-36,70H2,1H3,(H2,71,92)(H,72,76)(H,75,93)(H,77,88)(H,78,89)(H,79,94)(H,80,97)(H,81,95)(H,82,96)(H,83,99)(H,90,91)/t51-,52-,53-,54-,55-,56-,57-,69-/m0/s1. The number of carboxylic acids is 1. The largest absolute Gasteiger partial charge is 0.508 e. The molecule has 8 atom stereocenters. The highest BCUT2D eigenvalue weighted by molar-refractivity contribution is 7.98. The number of carboxylic acid groups (broad SMARTS) is 1. The summed E-state index contributed by atoms with van der Waals surface area (Å²) in [6.45, 7) is 1.15. The molecule has 0 saturated carbocycles. The van der Waals surface area contributed by atoms with Gasteiger partial charge in [-0.1, -0.05) is 36.4 Å². The van der Waals surface area contributed by atoms with Crippen molar-refractivity contribution in [3.8, 4) is 17.2 Å². The molecule has 2 aliphatic rings. The Morgan fingerprint density at radius 1 is 0.624 bits per heavy atom. The SMILES string of the molecule is C[C@@]12CCCN1C(=O)[C@H](Cc1ccc(O)cc1)NC(=O)[C@H](Cc1cnc[nH]1)NC(=O)[C@H](CC(=O)O)NC(=O)[C@H](Cc1c[nH]c3ccc(O)cc13)NC(=O)[C@H](Cc1c[nH]c3ccc(O)cc13)NC(=O)CNC(=O)[C@H](CCCCN)NC(=O)CCSCc1cccc(c1)CSC[C@@H](C(N)=O)NC2=O. The van der Waals surface area contributed by atoms with Crippen LogP contribution in [0.3, 0.4) is 0 Å². The summed E-state index contributed by atoms with van der Waals surface area (Å²) in [4.78, 5) is 172. The van der Waals surface area contributed by atoms with E-state index in [4.69, 9.17) is 11.5 Å². The summed E-state index contributed by atoms with van der Waals surface area (Å²) in [7, 11) is 0. The number of rotatable bonds is 15. The van der Waals surface area contributed by atoms with Gasteiger partial charge in [0.25, 0.3) is 0 Å². The molecule has 19 N–H and O–H groups in total. The zero-order valence-electron chi connectivity index (χ0n) is 55.3. The number of hydrogen-bond acceptors (Lipinski definition) is 18. The number of fused-ring (bicyclic) bond motifs is 5. The minimum atomic E-state index is -2.02. The summed E-state index contributed by atoms with van der Waals surface area (Å²) < 4.78 is 0. The lowest BCUT2D eigenvalue weighted by molar-refractivity contribution is -0.147. The Bertz CT molecular complexity index is 4150. The first-order valence-electron chi connectivity index (χ1n) is 32.9. The number of amides is 10. The van der Waals surface area contributed by atoms with Gasteiger partial charge in [0.2, 0.25) is 59.1 Å². The van der Waals surface area contributed by atoms with Crippen LogP contribution >= 0.6 is 23.5 Å². The number of carbonyl (C=O) groups is 11. The molecule has 1 saturated heterocycles. The van der Waals surface area contributed by atoms with E-state index < -0.39 is 132 Å². The van der Waals surface area contributed by atoms with E-state index in [0.29, 0.717) is 81.6 Å². The molecule has 32 heteroatoms. The van der Waals surface area contributed by atoms with Crippen molar-refractivity contribution in [1.29, 1.82) is 0 Å². The Balaban J connectivity index is 1.06. The summed E-state index contributed by atoms with van der Waals surface area (Å²) in [5.74, 6) is -9.36. The molecular formula is C69H83N15O15S2. The van der Waals surface area contributed by atoms with Gasteiger partial charge in [-0.2, -0.15) is 23.5 Å². The van der Waals surface area contributed by atoms with Crippen molar-refractivity contribution >= 4 is 110 Å². The molecule has 2 aliphatic heterocycles. The molecule has 0 unspecified atom stereocenters. The molecule has 30 nitrogen and oxygen atoms in total. The average molecular weight is 1430 g/mol. The van der Waals surface area contributed by atoms with Crippen LogP contribution in [0, 0.1) is 0 Å². The van der Waals surface area contributed by atoms with E-state index >= 15 is 19.2 Å². The van der Waals surface area contributed by atoms with Crippen LogP contribution in [0.5, 0.6) is 17.2 Å². The van der Waals surface area contributed by atoms with E-state index in [1.807, 2.05) is 24.3 Å². The van der Waals surface area contributed by atoms with Gasteiger partial charge in [-0.05, 0) is 122 Å². The summed E-state index contributed by atoms with van der Waals surface area (Å²) in [5.41, 5.74) is 14.4. The van der Waals surface area contributed by atoms with Gasteiger partial charge in [0.15, 0.2) is 0 Å². The smallest absolute Gasteiger partial charge is 0.305 e. The number of primary amides is 1. The molecule has 536 valence electrons. The minimum Gasteiger partial charge on any atom is -0.508 e. The Morgan fingerprint density at radius 2 is 1.20 bits per heavy atom. The zero-order chi connectivity index (χ0) is 72.3. The molecule has 5 heterocycles. The molecule has 0 radical (unpaired) electrons. The number of nitrogens with two attached hydrogens (primary N) is 2. The van der Waals surface area contributed by atoms with Gasteiger partial charge in [-0.15, -0.1) is 0 Å². The average Bonchev–Trinajstić information content (AvgIpc) is 1.70. The topological polar surface area (TPSA) is 480 Å². The van der Waals surface area contributed by atoms with Crippen LogP contribution in [0.15, 0.2) is 110 Å². The Morgan fingerprint density at radius 3 is 1.80 bits per heavy atom. The third kappa shape index (κ3) is 20.5. The number of aromatic amines is 3. The number of aromatic hydroxyl groups is 3. The number of nitrogens with one attached hydrogen (secondary N) is 11. The number of phenolic OH excluding ortho intramolecular Hbond substituents is 3. The molecule has 0 spiro atoms. The number of phenols is 3. The lowest BCUT2D eigenvalue weighted by atomic mass is 9.95. The van der Waals surface area contributed by atoms with Crippen LogP contribution in [0.1, 0.15) is 85.4 Å². The van der Waals surface area contributed by atoms with Gasteiger partial charge in [0.05, 0.1) is 19.3 Å². The second-order valence-electron chi connectivity index (χ2n) is 25.2. The predicted octanol–water partition coefficient (Wildman–Crippen LogP) is 1.31. The molecule has 7 aromatic rings. The number of unbranched alkanes of at least 4 members (excludes halogenated alkanes) is 1. The molecule has 4 aromatic carbocycles. The van der Waals surface area contributed by atoms with Crippen LogP contribution < -0.4 is 54.0 Å². The summed E-state index contributed by atoms with van der Waals surface area (Å²) in [6, 6.07) is 11.4. The van der Waals surface area contributed by atoms with E-state index in [-0.39, 0.29) is 73.8 Å². The van der Waals surface area contributed by atoms with Crippen molar-refractivity contribution in [3.63, 3.8) is 0 Å². The van der Waals surface area contributed by atoms with Crippen molar-refractivity contribution < 1.29 is 73.2 Å². The number of hydrogen-bond donors (Lipinski definition) is 17. The van der Waals surface area contributed by atoms with Crippen LogP contribution in [-0.2, 0) is 89.9 Å². The van der Waals surface area contributed by atoms with E-state index in [2.05, 4.69) is 62.5 Å². The van der Waals surface area contributed by atoms with Gasteiger partial charge >= 0.3 is 5.97 Å². The number of H-pyrrole nitrogens is 3. The fourth-order valence-corrected chi connectivity index (χ4v) is 14.1. The van der Waals surface area contributed by atoms with Gasteiger partial charge in [-0.3, -0.25) is 52.7 Å². The number of benzene rings is 4. The highest BCUT2D eigenvalue weighted by atomic mass is 32.2. The van der Waals surface area contributed by atoms with Crippen molar-refractivity contribution in [2.75, 3.05) is 31.1 Å². The van der Waals surface area contributed by atoms with Gasteiger partial charge < -0.3 is 94.3 Å². The number of thioether (sulfide) groups is 2. The molecule has 0 aliphatic carbocycles. The maximum absolute atomic E-state index is 15.2. The van der Waals surface area contributed by atoms with Crippen molar-refractivity contribution in [1.82, 2.24) is 67.4 Å². The molecule has 101 heavy (non-hydrogen) atoms. The third-order valence-corrected chi connectivity index (χ3v) is 19.7. The fraction of sp³-hybridized carbons (Fsp3) is 0.391. The normalized spacial score (nSPS) is 22.7. The Kier molecular flexibility index (Phi) is 25.8. The molecular weight excluding hydrogens is 1340 g/mol. The van der Waals surface area contributed by atoms with Crippen LogP contribution in [0.25, 0.3) is 21.8 Å². The second-order valence-corrected chi connectivity index (χ2v) is 27.3. The predicted molar refractivity (Wildman–Crippen MR) is 375 cm³/mol. The first-order chi connectivity index (χ1) is 48.4. The monoisotopic (exact) mass is 1430 g/mol. The molecule has 3 aromatic heterocycles. The molecule has 2 bridgehead atoms. The highest BCUT2D eigenvalue weighted by Gasteiger charge is 2.49. The second kappa shape index (κ2) is 34.9. The van der Waals surface area contributed by atoms with Crippen molar-refractivity contribution in [3.05, 3.63) is 143 Å². The minimum absolute atomic E-state index is 0.0221. The number of nitrogens with zero attached hydrogens (tertiary/aromatic N) is 2. The van der Waals surface area contributed by atoms with Gasteiger partial charge in [0.1, 0.15) is 65.1 Å². The lowest BCUT2D eigenvalue weighted by Gasteiger charge is -2.37. The summed E-state index contributed by atoms with van der Waals surface area (Å²) in [6.07, 6.45) is 4.87. The number of carbonyl (C=O) groups excluding carboxylic acids is 10.